The molecule has 1 fully saturated rings. The monoisotopic (exact) mass is 319 g/mol. The zero-order chi connectivity index (χ0) is 16.4. The van der Waals surface area contributed by atoms with Gasteiger partial charge >= 0.3 is 0 Å². The number of para-hydroxylation sites is 1. The Morgan fingerprint density at radius 3 is 2.71 bits per heavy atom. The number of fused-ring (bicyclic) bond motifs is 1. The summed E-state index contributed by atoms with van der Waals surface area (Å²) in [6.07, 6.45) is 2.56. The van der Waals surface area contributed by atoms with Crippen molar-refractivity contribution in [2.45, 2.75) is 12.5 Å². The fourth-order valence-electron chi connectivity index (χ4n) is 2.84. The number of amides is 1. The zero-order valence-corrected chi connectivity index (χ0v) is 13.0. The van der Waals surface area contributed by atoms with Gasteiger partial charge in [0.15, 0.2) is 5.75 Å². The van der Waals surface area contributed by atoms with Gasteiger partial charge in [0, 0.05) is 23.8 Å². The Balaban J connectivity index is 1.51. The summed E-state index contributed by atoms with van der Waals surface area (Å²) in [6.45, 7) is 0.728. The van der Waals surface area contributed by atoms with E-state index in [-0.39, 0.29) is 11.9 Å². The third-order valence-electron chi connectivity index (χ3n) is 4.07. The Morgan fingerprint density at radius 1 is 1.08 bits per heavy atom. The van der Waals surface area contributed by atoms with E-state index in [1.165, 1.54) is 0 Å². The number of anilines is 1. The normalized spacial score (nSPS) is 16.8. The summed E-state index contributed by atoms with van der Waals surface area (Å²) in [5.41, 5.74) is 1.74. The predicted molar refractivity (Wildman–Crippen MR) is 93.3 cm³/mol. The van der Waals surface area contributed by atoms with E-state index in [2.05, 4.69) is 15.6 Å². The maximum absolute atomic E-state index is 11.6. The number of aromatic nitrogens is 1. The number of nitrogens with one attached hydrogen (secondary N) is 2. The van der Waals surface area contributed by atoms with Crippen LogP contribution in [0.2, 0.25) is 0 Å². The summed E-state index contributed by atoms with van der Waals surface area (Å²) < 4.78 is 5.97. The van der Waals surface area contributed by atoms with Crippen LogP contribution in [0.3, 0.4) is 0 Å². The van der Waals surface area contributed by atoms with E-state index in [4.69, 9.17) is 4.74 Å². The highest BCUT2D eigenvalue weighted by Crippen LogP contribution is 2.29. The van der Waals surface area contributed by atoms with Crippen molar-refractivity contribution < 1.29 is 9.53 Å². The third-order valence-corrected chi connectivity index (χ3v) is 4.07. The highest BCUT2D eigenvalue weighted by Gasteiger charge is 2.23. The van der Waals surface area contributed by atoms with Gasteiger partial charge in [0.1, 0.15) is 17.3 Å². The van der Waals surface area contributed by atoms with E-state index in [1.54, 1.807) is 6.20 Å². The first-order valence-corrected chi connectivity index (χ1v) is 7.95. The van der Waals surface area contributed by atoms with Gasteiger partial charge in [-0.2, -0.15) is 0 Å². The molecule has 2 heterocycles. The Morgan fingerprint density at radius 2 is 1.92 bits per heavy atom. The topological polar surface area (TPSA) is 63.2 Å². The molecular formula is C19H17N3O2. The molecular weight excluding hydrogens is 302 g/mol. The lowest BCUT2D eigenvalue weighted by atomic mass is 10.2. The fourth-order valence-corrected chi connectivity index (χ4v) is 2.84. The number of hydrogen-bond acceptors (Lipinski definition) is 4. The second kappa shape index (κ2) is 6.20. The van der Waals surface area contributed by atoms with Crippen LogP contribution in [0.4, 0.5) is 5.69 Å². The van der Waals surface area contributed by atoms with Crippen LogP contribution in [0.15, 0.2) is 60.8 Å². The summed E-state index contributed by atoms with van der Waals surface area (Å²) in [7, 11) is 0. The zero-order valence-electron chi connectivity index (χ0n) is 13.0. The van der Waals surface area contributed by atoms with Gasteiger partial charge in [0.05, 0.1) is 0 Å². The van der Waals surface area contributed by atoms with Gasteiger partial charge in [-0.15, -0.1) is 0 Å². The first-order valence-electron chi connectivity index (χ1n) is 7.95. The first-order chi connectivity index (χ1) is 11.8. The summed E-state index contributed by atoms with van der Waals surface area (Å²) in [5.74, 6) is 1.51. The van der Waals surface area contributed by atoms with Gasteiger partial charge in [-0.1, -0.05) is 18.2 Å². The lowest BCUT2D eigenvalue weighted by Crippen LogP contribution is -2.29. The Labute approximate surface area is 139 Å². The van der Waals surface area contributed by atoms with Crippen LogP contribution in [0.25, 0.3) is 10.9 Å². The number of rotatable bonds is 4. The highest BCUT2D eigenvalue weighted by atomic mass is 16.5. The van der Waals surface area contributed by atoms with Crippen molar-refractivity contribution in [2.24, 2.45) is 0 Å². The minimum Gasteiger partial charge on any atom is -0.455 e. The molecule has 5 heteroatoms. The van der Waals surface area contributed by atoms with Crippen molar-refractivity contribution in [3.63, 3.8) is 0 Å². The Kier molecular flexibility index (Phi) is 3.75. The van der Waals surface area contributed by atoms with Crippen molar-refractivity contribution in [1.29, 1.82) is 0 Å². The second-order valence-corrected chi connectivity index (χ2v) is 5.73. The van der Waals surface area contributed by atoms with Crippen molar-refractivity contribution in [1.82, 2.24) is 10.3 Å². The quantitative estimate of drug-likeness (QED) is 0.774. The molecule has 0 radical (unpaired) electrons. The molecule has 0 saturated carbocycles. The first kappa shape index (κ1) is 14.5. The number of carbonyl (C=O) groups excluding carboxylic acids is 1. The molecule has 1 atom stereocenters. The number of nitrogens with zero attached hydrogens (tertiary/aromatic N) is 1. The molecule has 0 spiro atoms. The number of carbonyl (C=O) groups is 1. The number of benzene rings is 2. The van der Waals surface area contributed by atoms with Crippen LogP contribution >= 0.6 is 0 Å². The van der Waals surface area contributed by atoms with Gasteiger partial charge in [0.25, 0.3) is 0 Å². The van der Waals surface area contributed by atoms with Gasteiger partial charge in [-0.3, -0.25) is 9.78 Å². The molecule has 1 saturated heterocycles. The summed E-state index contributed by atoms with van der Waals surface area (Å²) in [4.78, 5) is 16.0. The Bertz CT molecular complexity index is 872. The van der Waals surface area contributed by atoms with Crippen molar-refractivity contribution in [3.8, 4) is 11.5 Å². The lowest BCUT2D eigenvalue weighted by Gasteiger charge is -2.12. The molecule has 0 unspecified atom stereocenters. The third kappa shape index (κ3) is 2.88. The Hall–Kier alpha value is -3.08. The minimum absolute atomic E-state index is 0.0529. The van der Waals surface area contributed by atoms with Crippen LogP contribution in [0.5, 0.6) is 11.5 Å². The predicted octanol–water partition coefficient (Wildman–Crippen LogP) is 3.33. The molecule has 1 aliphatic heterocycles. The van der Waals surface area contributed by atoms with Crippen molar-refractivity contribution in [3.05, 3.63) is 60.8 Å². The van der Waals surface area contributed by atoms with Crippen LogP contribution < -0.4 is 15.4 Å². The summed E-state index contributed by atoms with van der Waals surface area (Å²) >= 11 is 0. The van der Waals surface area contributed by atoms with E-state index in [0.29, 0.717) is 0 Å². The van der Waals surface area contributed by atoms with Crippen LogP contribution in [-0.4, -0.2) is 23.5 Å². The SMILES string of the molecule is O=C1NCC[C@H]1Nc1ccc(Oc2cccc3cccnc23)cc1. The molecule has 2 N–H and O–H groups in total. The molecule has 0 bridgehead atoms. The smallest absolute Gasteiger partial charge is 0.242 e. The maximum atomic E-state index is 11.6. The summed E-state index contributed by atoms with van der Waals surface area (Å²) in [5, 5.41) is 7.09. The second-order valence-electron chi connectivity index (χ2n) is 5.73. The molecule has 3 aromatic rings. The van der Waals surface area contributed by atoms with Gasteiger partial charge < -0.3 is 15.4 Å². The van der Waals surface area contributed by atoms with E-state index in [0.717, 1.165) is 41.1 Å². The van der Waals surface area contributed by atoms with E-state index in [1.807, 2.05) is 54.6 Å². The van der Waals surface area contributed by atoms with Crippen molar-refractivity contribution in [2.75, 3.05) is 11.9 Å². The molecule has 0 aliphatic carbocycles. The number of ether oxygens (including phenoxy) is 1. The average molecular weight is 319 g/mol. The average Bonchev–Trinajstić information content (AvgIpc) is 3.02. The van der Waals surface area contributed by atoms with Gasteiger partial charge in [0.2, 0.25) is 5.91 Å². The lowest BCUT2D eigenvalue weighted by molar-refractivity contribution is -0.119. The van der Waals surface area contributed by atoms with Crippen LogP contribution in [0, 0.1) is 0 Å². The fraction of sp³-hybridized carbons (Fsp3) is 0.158. The molecule has 24 heavy (non-hydrogen) atoms. The van der Waals surface area contributed by atoms with E-state index in [9.17, 15) is 4.79 Å². The van der Waals surface area contributed by atoms with Gasteiger partial charge in [-0.25, -0.2) is 0 Å². The van der Waals surface area contributed by atoms with Gasteiger partial charge in [-0.05, 0) is 42.8 Å². The number of hydrogen-bond donors (Lipinski definition) is 2. The molecule has 5 nitrogen and oxygen atoms in total. The molecule has 4 rings (SSSR count). The molecule has 1 aromatic heterocycles. The van der Waals surface area contributed by atoms with E-state index < -0.39 is 0 Å². The molecule has 120 valence electrons. The largest absolute Gasteiger partial charge is 0.455 e. The molecule has 1 amide bonds. The number of pyridine rings is 1. The minimum atomic E-state index is -0.154. The maximum Gasteiger partial charge on any atom is 0.242 e. The molecule has 1 aliphatic rings. The highest BCUT2D eigenvalue weighted by molar-refractivity contribution is 5.86. The van der Waals surface area contributed by atoms with Crippen LogP contribution in [-0.2, 0) is 4.79 Å². The van der Waals surface area contributed by atoms with Crippen LogP contribution in [0.1, 0.15) is 6.42 Å². The van der Waals surface area contributed by atoms with E-state index >= 15 is 0 Å². The standard InChI is InChI=1S/C19H17N3O2/c23-19-16(10-12-21-19)22-14-6-8-15(9-7-14)24-17-5-1-3-13-4-2-11-20-18(13)17/h1-9,11,16,22H,10,12H2,(H,21,23)/t16-/m1/s1. The summed E-state index contributed by atoms with van der Waals surface area (Å²) in [6, 6.07) is 17.2. The van der Waals surface area contributed by atoms with Crippen molar-refractivity contribution >= 4 is 22.5 Å². The molecule has 2 aromatic carbocycles.